The quantitative estimate of drug-likeness (QED) is 0.753. The summed E-state index contributed by atoms with van der Waals surface area (Å²) in [6.45, 7) is 11.5. The molecule has 3 unspecified atom stereocenters. The highest BCUT2D eigenvalue weighted by Gasteiger charge is 2.56. The van der Waals surface area contributed by atoms with E-state index in [0.29, 0.717) is 17.1 Å². The third kappa shape index (κ3) is 2.22. The maximum Gasteiger partial charge on any atom is 0.192 e. The molecule has 3 atom stereocenters. The van der Waals surface area contributed by atoms with E-state index < -0.39 is 8.32 Å². The van der Waals surface area contributed by atoms with Crippen LogP contribution >= 0.6 is 0 Å². The summed E-state index contributed by atoms with van der Waals surface area (Å²) in [4.78, 5) is 0. The van der Waals surface area contributed by atoms with Crippen LogP contribution < -0.4 is 0 Å². The summed E-state index contributed by atoms with van der Waals surface area (Å²) in [5, 5.41) is 10.3. The van der Waals surface area contributed by atoms with Crippen LogP contribution in [-0.4, -0.2) is 25.1 Å². The van der Waals surface area contributed by atoms with Gasteiger partial charge in [-0.3, -0.25) is 0 Å². The Morgan fingerprint density at radius 2 is 1.94 bits per heavy atom. The fraction of sp³-hybridized carbons (Fsp3) is 1.00. The number of fused-ring (bicyclic) bond motifs is 1. The molecule has 2 nitrogen and oxygen atoms in total. The van der Waals surface area contributed by atoms with Gasteiger partial charge in [0.15, 0.2) is 8.32 Å². The first-order chi connectivity index (χ1) is 7.14. The van der Waals surface area contributed by atoms with Gasteiger partial charge in [-0.25, -0.2) is 0 Å². The van der Waals surface area contributed by atoms with Gasteiger partial charge in [0.25, 0.3) is 0 Å². The normalized spacial score (nSPS) is 39.4. The van der Waals surface area contributed by atoms with Gasteiger partial charge >= 0.3 is 0 Å². The highest BCUT2D eigenvalue weighted by atomic mass is 28.4. The molecular formula is C13H26O2Si. The molecule has 0 heterocycles. The Balaban J connectivity index is 1.91. The van der Waals surface area contributed by atoms with Crippen molar-refractivity contribution in [2.24, 2.45) is 5.92 Å². The lowest BCUT2D eigenvalue weighted by Gasteiger charge is -2.40. The lowest BCUT2D eigenvalue weighted by Crippen LogP contribution is -2.45. The summed E-state index contributed by atoms with van der Waals surface area (Å²) in [5.41, 5.74) is -0.284. The van der Waals surface area contributed by atoms with Gasteiger partial charge in [0.2, 0.25) is 0 Å². The minimum atomic E-state index is -1.61. The Morgan fingerprint density at radius 1 is 1.31 bits per heavy atom. The van der Waals surface area contributed by atoms with Gasteiger partial charge in [-0.1, -0.05) is 20.8 Å². The van der Waals surface area contributed by atoms with Crippen LogP contribution in [0.1, 0.15) is 46.5 Å². The molecule has 2 aliphatic carbocycles. The van der Waals surface area contributed by atoms with Crippen LogP contribution in [0.3, 0.4) is 0 Å². The highest BCUT2D eigenvalue weighted by Crippen LogP contribution is 2.54. The van der Waals surface area contributed by atoms with E-state index >= 15 is 0 Å². The molecule has 0 aromatic carbocycles. The first-order valence-corrected chi connectivity index (χ1v) is 9.45. The predicted molar refractivity (Wildman–Crippen MR) is 69.0 cm³/mol. The van der Waals surface area contributed by atoms with Crippen LogP contribution in [0.4, 0.5) is 0 Å². The van der Waals surface area contributed by atoms with E-state index in [1.54, 1.807) is 0 Å². The SMILES string of the molecule is CC(C)(C)[Si](C)(C)OC1CCC2(O)CC2C1. The topological polar surface area (TPSA) is 29.5 Å². The third-order valence-corrected chi connectivity index (χ3v) is 9.45. The van der Waals surface area contributed by atoms with Gasteiger partial charge in [0, 0.05) is 6.10 Å². The van der Waals surface area contributed by atoms with E-state index in [9.17, 15) is 5.11 Å². The van der Waals surface area contributed by atoms with Crippen LogP contribution in [-0.2, 0) is 4.43 Å². The molecular weight excluding hydrogens is 216 g/mol. The minimum Gasteiger partial charge on any atom is -0.414 e. The van der Waals surface area contributed by atoms with Crippen LogP contribution in [0.25, 0.3) is 0 Å². The Kier molecular flexibility index (Phi) is 2.80. The molecule has 0 aromatic rings. The Morgan fingerprint density at radius 3 is 2.44 bits per heavy atom. The van der Waals surface area contributed by atoms with E-state index in [1.165, 1.54) is 0 Å². The van der Waals surface area contributed by atoms with Crippen molar-refractivity contribution < 1.29 is 9.53 Å². The maximum atomic E-state index is 9.98. The first-order valence-electron chi connectivity index (χ1n) is 6.54. The molecule has 1 N–H and O–H groups in total. The molecule has 94 valence electrons. The largest absolute Gasteiger partial charge is 0.414 e. The summed E-state index contributed by atoms with van der Waals surface area (Å²) in [6, 6.07) is 0. The Labute approximate surface area is 101 Å². The summed E-state index contributed by atoms with van der Waals surface area (Å²) in [5.74, 6) is 0.538. The lowest BCUT2D eigenvalue weighted by molar-refractivity contribution is 0.0468. The van der Waals surface area contributed by atoms with Gasteiger partial charge < -0.3 is 9.53 Å². The molecule has 2 rings (SSSR count). The number of hydrogen-bond acceptors (Lipinski definition) is 2. The van der Waals surface area contributed by atoms with Crippen molar-refractivity contribution in [2.45, 2.75) is 76.3 Å². The van der Waals surface area contributed by atoms with E-state index in [2.05, 4.69) is 33.9 Å². The second-order valence-corrected chi connectivity index (χ2v) is 12.0. The smallest absolute Gasteiger partial charge is 0.192 e. The van der Waals surface area contributed by atoms with Crippen LogP contribution in [0.5, 0.6) is 0 Å². The van der Waals surface area contributed by atoms with Gasteiger partial charge in [-0.05, 0) is 49.7 Å². The standard InChI is InChI=1S/C13H26O2Si/c1-12(2,3)16(4,5)15-11-6-7-13(14)9-10(13)8-11/h10-11,14H,6-9H2,1-5H3. The van der Waals surface area contributed by atoms with E-state index in [-0.39, 0.29) is 5.60 Å². The zero-order valence-electron chi connectivity index (χ0n) is 11.3. The van der Waals surface area contributed by atoms with Crippen molar-refractivity contribution in [2.75, 3.05) is 0 Å². The molecule has 0 radical (unpaired) electrons. The van der Waals surface area contributed by atoms with E-state index in [1.807, 2.05) is 0 Å². The molecule has 0 amide bonds. The highest BCUT2D eigenvalue weighted by molar-refractivity contribution is 6.74. The average Bonchev–Trinajstić information content (AvgIpc) is 2.73. The van der Waals surface area contributed by atoms with Crippen molar-refractivity contribution in [3.63, 3.8) is 0 Å². The number of aliphatic hydroxyl groups is 1. The number of rotatable bonds is 2. The molecule has 2 saturated carbocycles. The second-order valence-electron chi connectivity index (χ2n) is 7.28. The first kappa shape index (κ1) is 12.6. The molecule has 0 saturated heterocycles. The van der Waals surface area contributed by atoms with Crippen molar-refractivity contribution in [3.05, 3.63) is 0 Å². The van der Waals surface area contributed by atoms with Crippen LogP contribution in [0, 0.1) is 5.92 Å². The summed E-state index contributed by atoms with van der Waals surface area (Å²) >= 11 is 0. The fourth-order valence-corrected chi connectivity index (χ4v) is 3.92. The van der Waals surface area contributed by atoms with E-state index in [4.69, 9.17) is 4.43 Å². The van der Waals surface area contributed by atoms with Crippen molar-refractivity contribution in [1.29, 1.82) is 0 Å². The molecule has 16 heavy (non-hydrogen) atoms. The molecule has 2 fully saturated rings. The second kappa shape index (κ2) is 3.56. The Bertz CT molecular complexity index is 282. The van der Waals surface area contributed by atoms with Crippen molar-refractivity contribution >= 4 is 8.32 Å². The van der Waals surface area contributed by atoms with Crippen LogP contribution in [0.15, 0.2) is 0 Å². The average molecular weight is 242 g/mol. The molecule has 0 spiro atoms. The third-order valence-electron chi connectivity index (χ3n) is 4.91. The van der Waals surface area contributed by atoms with Gasteiger partial charge in [0.05, 0.1) is 5.60 Å². The van der Waals surface area contributed by atoms with Gasteiger partial charge in [0.1, 0.15) is 0 Å². The number of hydrogen-bond donors (Lipinski definition) is 1. The minimum absolute atomic E-state index is 0.284. The summed E-state index contributed by atoms with van der Waals surface area (Å²) in [6.07, 6.45) is 4.53. The van der Waals surface area contributed by atoms with Crippen molar-refractivity contribution in [1.82, 2.24) is 0 Å². The summed E-state index contributed by atoms with van der Waals surface area (Å²) in [7, 11) is -1.61. The van der Waals surface area contributed by atoms with Gasteiger partial charge in [-0.15, -0.1) is 0 Å². The van der Waals surface area contributed by atoms with Crippen molar-refractivity contribution in [3.8, 4) is 0 Å². The molecule has 0 aromatic heterocycles. The van der Waals surface area contributed by atoms with Gasteiger partial charge in [-0.2, -0.15) is 0 Å². The zero-order chi connectivity index (χ0) is 12.2. The monoisotopic (exact) mass is 242 g/mol. The molecule has 0 aliphatic heterocycles. The fourth-order valence-electron chi connectivity index (χ4n) is 2.52. The summed E-state index contributed by atoms with van der Waals surface area (Å²) < 4.78 is 6.41. The Hall–Kier alpha value is 0.137. The van der Waals surface area contributed by atoms with Crippen LogP contribution in [0.2, 0.25) is 18.1 Å². The molecule has 3 heteroatoms. The maximum absolute atomic E-state index is 9.98. The zero-order valence-corrected chi connectivity index (χ0v) is 12.3. The molecule has 0 bridgehead atoms. The lowest BCUT2D eigenvalue weighted by atomic mass is 9.95. The predicted octanol–water partition coefficient (Wildman–Crippen LogP) is 3.31. The molecule has 2 aliphatic rings. The van der Waals surface area contributed by atoms with E-state index in [0.717, 1.165) is 25.7 Å².